The van der Waals surface area contributed by atoms with E-state index in [-0.39, 0.29) is 0 Å². The fourth-order valence-corrected chi connectivity index (χ4v) is 18.2. The Hall–Kier alpha value is -3.09. The summed E-state index contributed by atoms with van der Waals surface area (Å²) in [6.45, 7) is 28.1. The maximum absolute atomic E-state index is 6.05. The highest BCUT2D eigenvalue weighted by Crippen LogP contribution is 2.42. The molecule has 3 rings (SSSR count). The van der Waals surface area contributed by atoms with E-state index in [0.29, 0.717) is 33.2 Å². The number of hydrogen-bond donors (Lipinski definition) is 1. The number of rotatable bonds is 6. The van der Waals surface area contributed by atoms with E-state index >= 15 is 0 Å². The van der Waals surface area contributed by atoms with E-state index in [0.717, 1.165) is 44.1 Å². The summed E-state index contributed by atoms with van der Waals surface area (Å²) in [6.07, 6.45) is 12.1. The molecule has 0 amide bonds. The van der Waals surface area contributed by atoms with Gasteiger partial charge in [-0.1, -0.05) is 107 Å². The van der Waals surface area contributed by atoms with E-state index in [9.17, 15) is 0 Å². The number of nitrogens with one attached hydrogen (secondary N) is 1. The first-order valence-corrected chi connectivity index (χ1v) is 19.8. The van der Waals surface area contributed by atoms with Crippen molar-refractivity contribution < 1.29 is 0 Å². The van der Waals surface area contributed by atoms with Gasteiger partial charge in [-0.3, -0.25) is 0 Å². The first-order chi connectivity index (χ1) is 19.2. The van der Waals surface area contributed by atoms with Gasteiger partial charge in [0.25, 0.3) is 0 Å². The quantitative estimate of drug-likeness (QED) is 0.222. The van der Waals surface area contributed by atoms with Crippen LogP contribution in [0.4, 0.5) is 0 Å². The van der Waals surface area contributed by atoms with Gasteiger partial charge >= 0.3 is 0 Å². The second kappa shape index (κ2) is 12.4. The minimum Gasteiger partial charge on any atom is -0.352 e. The lowest BCUT2D eigenvalue weighted by molar-refractivity contribution is 0.838. The maximum atomic E-state index is 6.05. The molecule has 0 atom stereocenters. The van der Waals surface area contributed by atoms with Crippen LogP contribution in [-0.4, -0.2) is 21.1 Å². The van der Waals surface area contributed by atoms with Crippen molar-refractivity contribution in [3.8, 4) is 47.6 Å². The monoisotopic (exact) mass is 575 g/mol. The van der Waals surface area contributed by atoms with Gasteiger partial charge < -0.3 is 4.98 Å². The summed E-state index contributed by atoms with van der Waals surface area (Å²) in [7, 11) is -3.77. The number of aromatic nitrogens is 1. The second-order valence-electron chi connectivity index (χ2n) is 13.6. The smallest absolute Gasteiger partial charge is 0.146 e. The van der Waals surface area contributed by atoms with Crippen LogP contribution in [0.25, 0.3) is 21.8 Å². The highest BCUT2D eigenvalue weighted by molar-refractivity contribution is 6.91. The Bertz CT molecular complexity index is 1470. The fourth-order valence-electron chi connectivity index (χ4n) is 7.70. The van der Waals surface area contributed by atoms with Crippen LogP contribution >= 0.6 is 0 Å². The molecule has 1 N–H and O–H groups in total. The lowest BCUT2D eigenvalue weighted by Gasteiger charge is -2.38. The van der Waals surface area contributed by atoms with Crippen molar-refractivity contribution in [2.45, 2.75) is 116 Å². The van der Waals surface area contributed by atoms with E-state index in [2.05, 4.69) is 147 Å². The Morgan fingerprint density at radius 3 is 1.05 bits per heavy atom. The van der Waals surface area contributed by atoms with Crippen molar-refractivity contribution in [3.63, 3.8) is 0 Å². The molecule has 0 radical (unpaired) electrons. The lowest BCUT2D eigenvalue weighted by atomic mass is 10.0. The zero-order valence-electron chi connectivity index (χ0n) is 27.4. The summed E-state index contributed by atoms with van der Waals surface area (Å²) < 4.78 is 0. The molecule has 0 aliphatic heterocycles. The SMILES string of the molecule is C#Cc1cc(C#C[Si](C(C)C)(C(C)C)C(C)C)cc2c1[nH]c1c(C#C)cc(C#C[Si](C(C)C)(C(C)C)C(C)C)cc12. The van der Waals surface area contributed by atoms with Gasteiger partial charge in [-0.15, -0.1) is 23.9 Å². The predicted octanol–water partition coefficient (Wildman–Crippen LogP) is 10.4. The molecule has 1 aromatic heterocycles. The zero-order chi connectivity index (χ0) is 30.9. The summed E-state index contributed by atoms with van der Waals surface area (Å²) in [4.78, 5) is 3.56. The molecule has 1 heterocycles. The molecule has 3 aromatic rings. The van der Waals surface area contributed by atoms with Crippen molar-refractivity contribution in [2.75, 3.05) is 0 Å². The third-order valence-electron chi connectivity index (χ3n) is 9.71. The molecule has 0 spiro atoms. The van der Waals surface area contributed by atoms with Crippen molar-refractivity contribution >= 4 is 38.0 Å². The van der Waals surface area contributed by atoms with Crippen molar-refractivity contribution in [3.05, 3.63) is 46.5 Å². The van der Waals surface area contributed by atoms with Gasteiger partial charge in [0.1, 0.15) is 16.1 Å². The van der Waals surface area contributed by atoms with Crippen LogP contribution in [0.15, 0.2) is 24.3 Å². The summed E-state index contributed by atoms with van der Waals surface area (Å²) in [5.41, 5.74) is 16.6. The Labute approximate surface area is 252 Å². The molecule has 0 bridgehead atoms. The number of aromatic amines is 1. The standard InChI is InChI=1S/C38H49NSi2/c1-15-33-21-31(17-19-40(25(3)4,26(5)6)27(7)8)23-35-36-24-32(22-34(16-2)38(36)39-37(33)35)18-20-41(28(9)10,29(11)12)30(13)14/h1-2,21-30,39H,3-14H3. The Kier molecular flexibility index (Phi) is 9.82. The largest absolute Gasteiger partial charge is 0.352 e. The first kappa shape index (κ1) is 32.4. The average Bonchev–Trinajstić information content (AvgIpc) is 3.25. The molecule has 0 saturated heterocycles. The maximum Gasteiger partial charge on any atom is 0.146 e. The number of H-pyrrole nitrogens is 1. The molecule has 0 saturated carbocycles. The Morgan fingerprint density at radius 2 is 0.805 bits per heavy atom. The van der Waals surface area contributed by atoms with Crippen LogP contribution < -0.4 is 0 Å². The number of hydrogen-bond acceptors (Lipinski definition) is 0. The van der Waals surface area contributed by atoms with Gasteiger partial charge in [0, 0.05) is 33.0 Å². The molecule has 0 fully saturated rings. The van der Waals surface area contributed by atoms with E-state index < -0.39 is 16.1 Å². The van der Waals surface area contributed by atoms with Crippen LogP contribution in [0.5, 0.6) is 0 Å². The summed E-state index contributed by atoms with van der Waals surface area (Å²) in [5.74, 6) is 13.1. The summed E-state index contributed by atoms with van der Waals surface area (Å²) in [6, 6.07) is 8.48. The predicted molar refractivity (Wildman–Crippen MR) is 188 cm³/mol. The van der Waals surface area contributed by atoms with Crippen LogP contribution in [0.1, 0.15) is 105 Å². The molecule has 0 unspecified atom stereocenters. The molecular weight excluding hydrogens is 527 g/mol. The molecule has 0 aliphatic rings. The van der Waals surface area contributed by atoms with Crippen molar-refractivity contribution in [1.82, 2.24) is 4.98 Å². The minimum absolute atomic E-state index is 0.566. The molecule has 0 aliphatic carbocycles. The van der Waals surface area contributed by atoms with Crippen LogP contribution in [-0.2, 0) is 0 Å². The van der Waals surface area contributed by atoms with E-state index in [1.54, 1.807) is 0 Å². The molecule has 2 aromatic carbocycles. The van der Waals surface area contributed by atoms with Gasteiger partial charge in [-0.2, -0.15) is 0 Å². The van der Waals surface area contributed by atoms with E-state index in [4.69, 9.17) is 12.8 Å². The first-order valence-electron chi connectivity index (χ1n) is 15.3. The van der Waals surface area contributed by atoms with Crippen molar-refractivity contribution in [1.29, 1.82) is 0 Å². The third kappa shape index (κ3) is 5.69. The highest BCUT2D eigenvalue weighted by Gasteiger charge is 2.42. The molecule has 1 nitrogen and oxygen atoms in total. The van der Waals surface area contributed by atoms with Crippen LogP contribution in [0, 0.1) is 47.6 Å². The fraction of sp³-hybridized carbons (Fsp3) is 0.474. The van der Waals surface area contributed by atoms with Gasteiger partial charge in [0.05, 0.1) is 11.0 Å². The Morgan fingerprint density at radius 1 is 0.512 bits per heavy atom. The average molecular weight is 576 g/mol. The molecule has 41 heavy (non-hydrogen) atoms. The van der Waals surface area contributed by atoms with Gasteiger partial charge in [-0.25, -0.2) is 0 Å². The topological polar surface area (TPSA) is 15.8 Å². The van der Waals surface area contributed by atoms with Gasteiger partial charge in [-0.05, 0) is 57.5 Å². The van der Waals surface area contributed by atoms with Gasteiger partial charge in [0.15, 0.2) is 0 Å². The Balaban J connectivity index is 2.34. The highest BCUT2D eigenvalue weighted by atomic mass is 28.3. The number of benzene rings is 2. The van der Waals surface area contributed by atoms with E-state index in [1.165, 1.54) is 0 Å². The second-order valence-corrected chi connectivity index (χ2v) is 24.8. The van der Waals surface area contributed by atoms with Crippen LogP contribution in [0.2, 0.25) is 33.2 Å². The molecule has 3 heteroatoms. The normalized spacial score (nSPS) is 12.3. The van der Waals surface area contributed by atoms with E-state index in [1.807, 2.05) is 0 Å². The zero-order valence-corrected chi connectivity index (χ0v) is 29.4. The third-order valence-corrected chi connectivity index (χ3v) is 22.3. The lowest BCUT2D eigenvalue weighted by Crippen LogP contribution is -2.43. The number of terminal acetylenes is 2. The minimum atomic E-state index is -1.89. The van der Waals surface area contributed by atoms with Crippen molar-refractivity contribution in [2.24, 2.45) is 0 Å². The number of fused-ring (bicyclic) bond motifs is 3. The van der Waals surface area contributed by atoms with Gasteiger partial charge in [0.2, 0.25) is 0 Å². The summed E-state index contributed by atoms with van der Waals surface area (Å²) in [5, 5.41) is 2.12. The molecule has 214 valence electrons. The molecular formula is C38H49NSi2. The summed E-state index contributed by atoms with van der Waals surface area (Å²) >= 11 is 0. The van der Waals surface area contributed by atoms with Crippen LogP contribution in [0.3, 0.4) is 0 Å².